The maximum Gasteiger partial charge on any atom is 0.191 e. The van der Waals surface area contributed by atoms with Gasteiger partial charge >= 0.3 is 0 Å². The molecule has 0 saturated carbocycles. The number of halogens is 2. The Hall–Kier alpha value is -2.86. The highest BCUT2D eigenvalue weighted by atomic mass is 32.1. The van der Waals surface area contributed by atoms with Gasteiger partial charge in [0, 0.05) is 16.6 Å². The molecule has 0 aliphatic heterocycles. The second-order valence-corrected chi connectivity index (χ2v) is 5.40. The minimum absolute atomic E-state index is 0.0375. The summed E-state index contributed by atoms with van der Waals surface area (Å²) in [5.41, 5.74) is 3.46. The molecule has 3 nitrogen and oxygen atoms in total. The van der Waals surface area contributed by atoms with Gasteiger partial charge in [-0.05, 0) is 29.7 Å². The molecule has 3 rings (SSSR count). The van der Waals surface area contributed by atoms with Crippen molar-refractivity contribution in [3.05, 3.63) is 77.9 Å². The van der Waals surface area contributed by atoms with Crippen molar-refractivity contribution >= 4 is 40.0 Å². The summed E-state index contributed by atoms with van der Waals surface area (Å²) in [6.45, 7) is 0. The first kappa shape index (κ1) is 16.0. The lowest BCUT2D eigenvalue weighted by molar-refractivity contribution is 0.507. The van der Waals surface area contributed by atoms with Gasteiger partial charge in [0.25, 0.3) is 0 Å². The van der Waals surface area contributed by atoms with Crippen molar-refractivity contribution in [2.24, 2.45) is 5.10 Å². The van der Waals surface area contributed by atoms with Crippen LogP contribution in [0.5, 0.6) is 0 Å². The zero-order valence-corrected chi connectivity index (χ0v) is 13.3. The second-order valence-electron chi connectivity index (χ2n) is 4.99. The van der Waals surface area contributed by atoms with Crippen LogP contribution in [0.2, 0.25) is 0 Å². The third kappa shape index (κ3) is 3.55. The van der Waals surface area contributed by atoms with Crippen molar-refractivity contribution < 1.29 is 8.78 Å². The molecule has 6 heteroatoms. The number of hydrogen-bond acceptors (Lipinski definition) is 2. The van der Waals surface area contributed by atoms with Crippen molar-refractivity contribution in [2.45, 2.75) is 0 Å². The average Bonchev–Trinajstić information content (AvgIpc) is 2.59. The lowest BCUT2D eigenvalue weighted by Crippen LogP contribution is -2.24. The van der Waals surface area contributed by atoms with Crippen molar-refractivity contribution in [3.8, 4) is 0 Å². The predicted octanol–water partition coefficient (Wildman–Crippen LogP) is 4.44. The first-order valence-corrected chi connectivity index (χ1v) is 7.58. The van der Waals surface area contributed by atoms with Gasteiger partial charge in [0.1, 0.15) is 0 Å². The number of hydrazone groups is 1. The molecule has 0 fully saturated rings. The number of thiocarbonyl (C=S) groups is 1. The fraction of sp³-hybridized carbons (Fsp3) is 0. The molecule has 0 unspecified atom stereocenters. The highest BCUT2D eigenvalue weighted by molar-refractivity contribution is 7.80. The zero-order valence-electron chi connectivity index (χ0n) is 12.5. The third-order valence-electron chi connectivity index (χ3n) is 3.39. The Morgan fingerprint density at radius 1 is 0.958 bits per heavy atom. The molecular weight excluding hydrogens is 328 g/mol. The second kappa shape index (κ2) is 7.14. The van der Waals surface area contributed by atoms with E-state index in [9.17, 15) is 8.78 Å². The van der Waals surface area contributed by atoms with Crippen LogP contribution in [0.15, 0.2) is 65.8 Å². The van der Waals surface area contributed by atoms with Crippen LogP contribution in [-0.4, -0.2) is 11.3 Å². The summed E-state index contributed by atoms with van der Waals surface area (Å²) in [5.74, 6) is -1.87. The van der Waals surface area contributed by atoms with Crippen LogP contribution in [-0.2, 0) is 0 Å². The van der Waals surface area contributed by atoms with Crippen molar-refractivity contribution in [3.63, 3.8) is 0 Å². The van der Waals surface area contributed by atoms with E-state index in [-0.39, 0.29) is 10.7 Å². The van der Waals surface area contributed by atoms with Gasteiger partial charge in [-0.15, -0.1) is 0 Å². The van der Waals surface area contributed by atoms with Gasteiger partial charge in [-0.2, -0.15) is 5.10 Å². The predicted molar refractivity (Wildman–Crippen MR) is 97.3 cm³/mol. The van der Waals surface area contributed by atoms with E-state index in [0.717, 1.165) is 22.5 Å². The van der Waals surface area contributed by atoms with E-state index < -0.39 is 11.6 Å². The topological polar surface area (TPSA) is 36.4 Å². The minimum atomic E-state index is -0.948. The van der Waals surface area contributed by atoms with Crippen LogP contribution in [0.1, 0.15) is 5.56 Å². The van der Waals surface area contributed by atoms with Crippen LogP contribution in [0.3, 0.4) is 0 Å². The van der Waals surface area contributed by atoms with Crippen molar-refractivity contribution in [1.29, 1.82) is 0 Å². The molecule has 2 N–H and O–H groups in total. The van der Waals surface area contributed by atoms with E-state index in [0.29, 0.717) is 0 Å². The van der Waals surface area contributed by atoms with Gasteiger partial charge in [-0.3, -0.25) is 5.43 Å². The maximum absolute atomic E-state index is 13.5. The fourth-order valence-electron chi connectivity index (χ4n) is 2.27. The molecule has 0 saturated heterocycles. The van der Waals surface area contributed by atoms with Crippen LogP contribution in [0, 0.1) is 11.6 Å². The summed E-state index contributed by atoms with van der Waals surface area (Å²) in [6.07, 6.45) is 1.18. The summed E-state index contributed by atoms with van der Waals surface area (Å²) in [4.78, 5) is 0. The summed E-state index contributed by atoms with van der Waals surface area (Å²) in [7, 11) is 0. The average molecular weight is 341 g/mol. The summed E-state index contributed by atoms with van der Waals surface area (Å²) < 4.78 is 26.6. The Kier molecular flexibility index (Phi) is 4.77. The molecule has 0 spiro atoms. The molecule has 0 aromatic heterocycles. The summed E-state index contributed by atoms with van der Waals surface area (Å²) in [6, 6.07) is 17.6. The standard InChI is InChI=1S/C18H13F2N3S/c19-15-9-3-7-13(17(15)20)11-21-23-18(24)22-16-10-4-6-12-5-1-2-8-14(12)16/h1-11H,(H2,22,23,24)/b21-11+. The van der Waals surface area contributed by atoms with Gasteiger partial charge in [0.15, 0.2) is 16.7 Å². The number of rotatable bonds is 3. The SMILES string of the molecule is Fc1cccc(/C=N/NC(=S)Nc2cccc3ccccc23)c1F. The molecule has 0 heterocycles. The molecule has 120 valence electrons. The number of nitrogens with one attached hydrogen (secondary N) is 2. The van der Waals surface area contributed by atoms with E-state index >= 15 is 0 Å². The lowest BCUT2D eigenvalue weighted by atomic mass is 10.1. The molecule has 0 aliphatic rings. The Balaban J connectivity index is 1.69. The van der Waals surface area contributed by atoms with Crippen LogP contribution in [0.25, 0.3) is 10.8 Å². The Morgan fingerprint density at radius 2 is 1.71 bits per heavy atom. The van der Waals surface area contributed by atoms with E-state index in [2.05, 4.69) is 15.8 Å². The molecule has 0 amide bonds. The summed E-state index contributed by atoms with van der Waals surface area (Å²) in [5, 5.41) is 9.22. The van der Waals surface area contributed by atoms with Crippen molar-refractivity contribution in [2.75, 3.05) is 5.32 Å². The van der Waals surface area contributed by atoms with Crippen LogP contribution < -0.4 is 10.7 Å². The quantitative estimate of drug-likeness (QED) is 0.420. The molecular formula is C18H13F2N3S. The van der Waals surface area contributed by atoms with E-state index in [1.54, 1.807) is 0 Å². The molecule has 0 atom stereocenters. The molecule has 24 heavy (non-hydrogen) atoms. The molecule has 0 bridgehead atoms. The van der Waals surface area contributed by atoms with Gasteiger partial charge < -0.3 is 5.32 Å². The number of fused-ring (bicyclic) bond motifs is 1. The smallest absolute Gasteiger partial charge is 0.191 e. The van der Waals surface area contributed by atoms with Gasteiger partial charge in [-0.1, -0.05) is 48.5 Å². The number of benzene rings is 3. The number of nitrogens with zero attached hydrogens (tertiary/aromatic N) is 1. The zero-order chi connectivity index (χ0) is 16.9. The Morgan fingerprint density at radius 3 is 2.58 bits per heavy atom. The lowest BCUT2D eigenvalue weighted by Gasteiger charge is -2.10. The third-order valence-corrected chi connectivity index (χ3v) is 3.58. The number of anilines is 1. The maximum atomic E-state index is 13.5. The van der Waals surface area contributed by atoms with Gasteiger partial charge in [0.05, 0.1) is 6.21 Å². The molecule has 0 aliphatic carbocycles. The first-order chi connectivity index (χ1) is 11.6. The van der Waals surface area contributed by atoms with Crippen LogP contribution in [0.4, 0.5) is 14.5 Å². The molecule has 0 radical (unpaired) electrons. The number of hydrogen-bond donors (Lipinski definition) is 2. The minimum Gasteiger partial charge on any atom is -0.331 e. The van der Waals surface area contributed by atoms with Gasteiger partial charge in [-0.25, -0.2) is 8.78 Å². The van der Waals surface area contributed by atoms with Gasteiger partial charge in [0.2, 0.25) is 0 Å². The largest absolute Gasteiger partial charge is 0.331 e. The van der Waals surface area contributed by atoms with E-state index in [4.69, 9.17) is 12.2 Å². The normalized spacial score (nSPS) is 10.9. The highest BCUT2D eigenvalue weighted by Gasteiger charge is 2.05. The molecule has 3 aromatic rings. The Bertz CT molecular complexity index is 920. The monoisotopic (exact) mass is 341 g/mol. The fourth-order valence-corrected chi connectivity index (χ4v) is 2.43. The Labute approximate surface area is 143 Å². The summed E-state index contributed by atoms with van der Waals surface area (Å²) >= 11 is 5.17. The van der Waals surface area contributed by atoms with E-state index in [1.165, 1.54) is 18.3 Å². The van der Waals surface area contributed by atoms with Crippen molar-refractivity contribution in [1.82, 2.24) is 5.43 Å². The highest BCUT2D eigenvalue weighted by Crippen LogP contribution is 2.22. The first-order valence-electron chi connectivity index (χ1n) is 7.17. The van der Waals surface area contributed by atoms with E-state index in [1.807, 2.05) is 42.5 Å². The van der Waals surface area contributed by atoms with Crippen LogP contribution >= 0.6 is 12.2 Å². The molecule has 3 aromatic carbocycles.